The maximum atomic E-state index is 5.93. The van der Waals surface area contributed by atoms with Crippen molar-refractivity contribution in [1.82, 2.24) is 10.3 Å². The van der Waals surface area contributed by atoms with Crippen LogP contribution in [0.5, 0.6) is 5.88 Å². The van der Waals surface area contributed by atoms with Crippen molar-refractivity contribution in [2.75, 3.05) is 0 Å². The molecular weight excluding hydrogens is 296 g/mol. The van der Waals surface area contributed by atoms with Crippen LogP contribution < -0.4 is 10.1 Å². The number of rotatable bonds is 5. The molecule has 0 aliphatic rings. The Balaban J connectivity index is 1.85. The average Bonchev–Trinajstić information content (AvgIpc) is 2.58. The minimum absolute atomic E-state index is 0.0649. The summed E-state index contributed by atoms with van der Waals surface area (Å²) in [6.07, 6.45) is 0. The van der Waals surface area contributed by atoms with E-state index in [0.29, 0.717) is 12.5 Å². The number of fused-ring (bicyclic) bond motifs is 1. The normalized spacial score (nSPS) is 11.6. The van der Waals surface area contributed by atoms with Crippen LogP contribution in [-0.2, 0) is 13.2 Å². The van der Waals surface area contributed by atoms with Gasteiger partial charge in [-0.15, -0.1) is 0 Å². The van der Waals surface area contributed by atoms with Crippen molar-refractivity contribution in [2.45, 2.75) is 39.5 Å². The lowest BCUT2D eigenvalue weighted by Gasteiger charge is -2.21. The van der Waals surface area contributed by atoms with Crippen molar-refractivity contribution in [3.8, 4) is 5.88 Å². The predicted molar refractivity (Wildman–Crippen MR) is 99.1 cm³/mol. The summed E-state index contributed by atoms with van der Waals surface area (Å²) in [6, 6.07) is 20.4. The Hall–Kier alpha value is -2.39. The molecule has 0 aliphatic carbocycles. The predicted octanol–water partition coefficient (Wildman–Crippen LogP) is 4.70. The van der Waals surface area contributed by atoms with Crippen molar-refractivity contribution in [3.05, 3.63) is 71.8 Å². The van der Waals surface area contributed by atoms with Crippen LogP contribution in [0.4, 0.5) is 0 Å². The van der Waals surface area contributed by atoms with Gasteiger partial charge in [-0.3, -0.25) is 0 Å². The first-order valence-corrected chi connectivity index (χ1v) is 8.32. The van der Waals surface area contributed by atoms with Gasteiger partial charge in [0.15, 0.2) is 0 Å². The standard InChI is InChI=1S/C21H24N2O/c1-21(2,3)22-14-17-13-20(23-19-12-8-7-11-18(17)19)24-15-16-9-5-4-6-10-16/h4-13,22H,14-15H2,1-3H3. The van der Waals surface area contributed by atoms with Gasteiger partial charge >= 0.3 is 0 Å². The number of pyridine rings is 1. The second-order valence-corrected chi connectivity index (χ2v) is 7.01. The van der Waals surface area contributed by atoms with Gasteiger partial charge in [0.2, 0.25) is 5.88 Å². The van der Waals surface area contributed by atoms with Gasteiger partial charge in [-0.1, -0.05) is 48.5 Å². The summed E-state index contributed by atoms with van der Waals surface area (Å²) in [4.78, 5) is 4.65. The van der Waals surface area contributed by atoms with E-state index in [1.807, 2.05) is 36.4 Å². The summed E-state index contributed by atoms with van der Waals surface area (Å²) >= 11 is 0. The molecule has 3 rings (SSSR count). The van der Waals surface area contributed by atoms with Gasteiger partial charge in [0.05, 0.1) is 5.52 Å². The number of hydrogen-bond acceptors (Lipinski definition) is 3. The molecule has 0 unspecified atom stereocenters. The quantitative estimate of drug-likeness (QED) is 0.740. The summed E-state index contributed by atoms with van der Waals surface area (Å²) in [5, 5.41) is 4.72. The van der Waals surface area contributed by atoms with Gasteiger partial charge in [0.25, 0.3) is 0 Å². The fraction of sp³-hybridized carbons (Fsp3) is 0.286. The minimum Gasteiger partial charge on any atom is -0.473 e. The van der Waals surface area contributed by atoms with Crippen molar-refractivity contribution in [1.29, 1.82) is 0 Å². The fourth-order valence-corrected chi connectivity index (χ4v) is 2.53. The first kappa shape index (κ1) is 16.5. The molecule has 0 radical (unpaired) electrons. The topological polar surface area (TPSA) is 34.1 Å². The number of hydrogen-bond donors (Lipinski definition) is 1. The Labute approximate surface area is 143 Å². The van der Waals surface area contributed by atoms with Crippen molar-refractivity contribution < 1.29 is 4.74 Å². The van der Waals surface area contributed by atoms with Crippen molar-refractivity contribution >= 4 is 10.9 Å². The first-order valence-electron chi connectivity index (χ1n) is 8.32. The summed E-state index contributed by atoms with van der Waals surface area (Å²) < 4.78 is 5.93. The molecule has 3 heteroatoms. The van der Waals surface area contributed by atoms with E-state index < -0.39 is 0 Å². The molecular formula is C21H24N2O. The molecule has 3 nitrogen and oxygen atoms in total. The molecule has 0 bridgehead atoms. The van der Waals surface area contributed by atoms with Crippen LogP contribution >= 0.6 is 0 Å². The highest BCUT2D eigenvalue weighted by Crippen LogP contribution is 2.23. The summed E-state index contributed by atoms with van der Waals surface area (Å²) in [5.41, 5.74) is 3.38. The second-order valence-electron chi connectivity index (χ2n) is 7.01. The molecule has 0 spiro atoms. The van der Waals surface area contributed by atoms with Gasteiger partial charge in [-0.2, -0.15) is 0 Å². The van der Waals surface area contributed by atoms with Crippen LogP contribution in [-0.4, -0.2) is 10.5 Å². The van der Waals surface area contributed by atoms with Crippen LogP contribution in [0.15, 0.2) is 60.7 Å². The molecule has 0 amide bonds. The fourth-order valence-electron chi connectivity index (χ4n) is 2.53. The third-order valence-electron chi connectivity index (χ3n) is 3.82. The number of para-hydroxylation sites is 1. The van der Waals surface area contributed by atoms with E-state index >= 15 is 0 Å². The molecule has 0 atom stereocenters. The smallest absolute Gasteiger partial charge is 0.214 e. The molecule has 0 saturated carbocycles. The van der Waals surface area contributed by atoms with E-state index in [2.05, 4.69) is 55.3 Å². The van der Waals surface area contributed by atoms with E-state index in [0.717, 1.165) is 17.6 Å². The summed E-state index contributed by atoms with van der Waals surface area (Å²) in [6.45, 7) is 7.82. The molecule has 1 N–H and O–H groups in total. The average molecular weight is 320 g/mol. The van der Waals surface area contributed by atoms with Crippen LogP contribution in [0.25, 0.3) is 10.9 Å². The SMILES string of the molecule is CC(C)(C)NCc1cc(OCc2ccccc2)nc2ccccc12. The highest BCUT2D eigenvalue weighted by atomic mass is 16.5. The van der Waals surface area contributed by atoms with Crippen LogP contribution in [0.3, 0.4) is 0 Å². The lowest BCUT2D eigenvalue weighted by Crippen LogP contribution is -2.35. The second kappa shape index (κ2) is 7.02. The van der Waals surface area contributed by atoms with Crippen LogP contribution in [0, 0.1) is 0 Å². The maximum Gasteiger partial charge on any atom is 0.214 e. The van der Waals surface area contributed by atoms with E-state index in [1.54, 1.807) is 0 Å². The molecule has 1 heterocycles. The Morgan fingerprint density at radius 3 is 2.42 bits per heavy atom. The van der Waals surface area contributed by atoms with Gasteiger partial charge in [0.1, 0.15) is 6.61 Å². The van der Waals surface area contributed by atoms with E-state index in [9.17, 15) is 0 Å². The number of nitrogens with zero attached hydrogens (tertiary/aromatic N) is 1. The monoisotopic (exact) mass is 320 g/mol. The van der Waals surface area contributed by atoms with Gasteiger partial charge in [-0.25, -0.2) is 4.98 Å². The largest absolute Gasteiger partial charge is 0.473 e. The van der Waals surface area contributed by atoms with E-state index in [-0.39, 0.29) is 5.54 Å². The Bertz CT molecular complexity index is 807. The Kier molecular flexibility index (Phi) is 4.81. The summed E-state index contributed by atoms with van der Waals surface area (Å²) in [5.74, 6) is 0.670. The molecule has 24 heavy (non-hydrogen) atoms. The molecule has 0 saturated heterocycles. The van der Waals surface area contributed by atoms with Gasteiger partial charge in [0, 0.05) is 23.5 Å². The third-order valence-corrected chi connectivity index (χ3v) is 3.82. The molecule has 0 aliphatic heterocycles. The molecule has 1 aromatic heterocycles. The van der Waals surface area contributed by atoms with Crippen molar-refractivity contribution in [2.24, 2.45) is 0 Å². The zero-order valence-corrected chi connectivity index (χ0v) is 14.5. The Morgan fingerprint density at radius 2 is 1.67 bits per heavy atom. The molecule has 124 valence electrons. The van der Waals surface area contributed by atoms with Gasteiger partial charge in [-0.05, 0) is 38.0 Å². The highest BCUT2D eigenvalue weighted by Gasteiger charge is 2.12. The molecule has 2 aromatic carbocycles. The lowest BCUT2D eigenvalue weighted by molar-refractivity contribution is 0.294. The molecule has 0 fully saturated rings. The maximum absolute atomic E-state index is 5.93. The number of aromatic nitrogens is 1. The van der Waals surface area contributed by atoms with E-state index in [1.165, 1.54) is 10.9 Å². The van der Waals surface area contributed by atoms with Gasteiger partial charge < -0.3 is 10.1 Å². The highest BCUT2D eigenvalue weighted by molar-refractivity contribution is 5.82. The Morgan fingerprint density at radius 1 is 0.958 bits per heavy atom. The lowest BCUT2D eigenvalue weighted by atomic mass is 10.1. The third kappa shape index (κ3) is 4.33. The van der Waals surface area contributed by atoms with Crippen LogP contribution in [0.2, 0.25) is 0 Å². The number of nitrogens with one attached hydrogen (secondary N) is 1. The van der Waals surface area contributed by atoms with Crippen LogP contribution in [0.1, 0.15) is 31.9 Å². The first-order chi connectivity index (χ1) is 11.5. The number of benzene rings is 2. The van der Waals surface area contributed by atoms with Crippen molar-refractivity contribution in [3.63, 3.8) is 0 Å². The van der Waals surface area contributed by atoms with E-state index in [4.69, 9.17) is 4.74 Å². The zero-order valence-electron chi connectivity index (χ0n) is 14.5. The minimum atomic E-state index is 0.0649. The summed E-state index contributed by atoms with van der Waals surface area (Å²) in [7, 11) is 0. The number of ether oxygens (including phenoxy) is 1. The molecule has 3 aromatic rings. The zero-order chi connectivity index (χ0) is 17.0.